The molecule has 0 saturated carbocycles. The van der Waals surface area contributed by atoms with Crippen LogP contribution in [0.1, 0.15) is 40.5 Å². The van der Waals surface area contributed by atoms with Crippen molar-refractivity contribution in [2.24, 2.45) is 0 Å². The van der Waals surface area contributed by atoms with E-state index in [0.29, 0.717) is 18.3 Å². The first-order chi connectivity index (χ1) is 7.02. The second kappa shape index (κ2) is 7.46. The van der Waals surface area contributed by atoms with Gasteiger partial charge in [-0.25, -0.2) is 4.79 Å². The summed E-state index contributed by atoms with van der Waals surface area (Å²) in [4.78, 5) is 13.3. The van der Waals surface area contributed by atoms with Crippen LogP contribution in [0.5, 0.6) is 0 Å². The molecule has 3 nitrogen and oxygen atoms in total. The SMILES string of the molecule is C=C(C)C(=O)OCN(CC)C(C)CCC. The molecule has 0 amide bonds. The van der Waals surface area contributed by atoms with E-state index in [0.717, 1.165) is 19.4 Å². The molecule has 1 unspecified atom stereocenters. The van der Waals surface area contributed by atoms with Gasteiger partial charge in [-0.2, -0.15) is 0 Å². The monoisotopic (exact) mass is 213 g/mol. The van der Waals surface area contributed by atoms with Crippen LogP contribution in [-0.4, -0.2) is 30.2 Å². The van der Waals surface area contributed by atoms with Gasteiger partial charge in [0.05, 0.1) is 0 Å². The van der Waals surface area contributed by atoms with E-state index in [1.165, 1.54) is 0 Å². The number of ether oxygens (including phenoxy) is 1. The topological polar surface area (TPSA) is 29.5 Å². The number of hydrogen-bond donors (Lipinski definition) is 0. The first-order valence-corrected chi connectivity index (χ1v) is 5.59. The summed E-state index contributed by atoms with van der Waals surface area (Å²) in [5.74, 6) is -0.308. The van der Waals surface area contributed by atoms with Crippen LogP contribution in [0.3, 0.4) is 0 Å². The van der Waals surface area contributed by atoms with Crippen molar-refractivity contribution in [1.82, 2.24) is 4.90 Å². The number of esters is 1. The normalized spacial score (nSPS) is 12.6. The molecule has 0 heterocycles. The fourth-order valence-electron chi connectivity index (χ4n) is 1.40. The number of rotatable bonds is 7. The van der Waals surface area contributed by atoms with Gasteiger partial charge in [-0.05, 0) is 26.8 Å². The zero-order valence-corrected chi connectivity index (χ0v) is 10.4. The fraction of sp³-hybridized carbons (Fsp3) is 0.750. The maximum Gasteiger partial charge on any atom is 0.334 e. The van der Waals surface area contributed by atoms with Gasteiger partial charge in [0.2, 0.25) is 0 Å². The van der Waals surface area contributed by atoms with Gasteiger partial charge in [-0.3, -0.25) is 4.90 Å². The summed E-state index contributed by atoms with van der Waals surface area (Å²) in [6.45, 7) is 12.8. The van der Waals surface area contributed by atoms with Crippen LogP contribution >= 0.6 is 0 Å². The molecule has 0 radical (unpaired) electrons. The largest absolute Gasteiger partial charge is 0.446 e. The zero-order chi connectivity index (χ0) is 11.8. The van der Waals surface area contributed by atoms with Gasteiger partial charge in [-0.15, -0.1) is 0 Å². The predicted molar refractivity (Wildman–Crippen MR) is 62.5 cm³/mol. The molecule has 88 valence electrons. The van der Waals surface area contributed by atoms with Crippen molar-refractivity contribution in [1.29, 1.82) is 0 Å². The summed E-state index contributed by atoms with van der Waals surface area (Å²) in [6, 6.07) is 0.456. The van der Waals surface area contributed by atoms with E-state index in [4.69, 9.17) is 4.74 Å². The van der Waals surface area contributed by atoms with Crippen molar-refractivity contribution in [2.75, 3.05) is 13.3 Å². The lowest BCUT2D eigenvalue weighted by Gasteiger charge is -2.26. The van der Waals surface area contributed by atoms with E-state index in [-0.39, 0.29) is 5.97 Å². The Morgan fingerprint density at radius 2 is 2.07 bits per heavy atom. The van der Waals surface area contributed by atoms with Crippen LogP contribution in [0.25, 0.3) is 0 Å². The van der Waals surface area contributed by atoms with Gasteiger partial charge in [-0.1, -0.05) is 26.8 Å². The third kappa shape index (κ3) is 5.57. The van der Waals surface area contributed by atoms with Gasteiger partial charge in [0, 0.05) is 11.6 Å². The molecule has 0 spiro atoms. The molecule has 0 aromatic rings. The first kappa shape index (κ1) is 14.2. The Morgan fingerprint density at radius 3 is 2.47 bits per heavy atom. The highest BCUT2D eigenvalue weighted by Crippen LogP contribution is 2.06. The van der Waals surface area contributed by atoms with Crippen LogP contribution in [0, 0.1) is 0 Å². The minimum Gasteiger partial charge on any atom is -0.446 e. The van der Waals surface area contributed by atoms with E-state index in [1.54, 1.807) is 6.92 Å². The average molecular weight is 213 g/mol. The second-order valence-corrected chi connectivity index (χ2v) is 3.88. The third-order valence-electron chi connectivity index (χ3n) is 2.45. The highest BCUT2D eigenvalue weighted by molar-refractivity contribution is 5.86. The smallest absolute Gasteiger partial charge is 0.334 e. The lowest BCUT2D eigenvalue weighted by atomic mass is 10.2. The number of carbonyl (C=O) groups excluding carboxylic acids is 1. The summed E-state index contributed by atoms with van der Waals surface area (Å²) in [5.41, 5.74) is 0.453. The van der Waals surface area contributed by atoms with Crippen LogP contribution < -0.4 is 0 Å². The van der Waals surface area contributed by atoms with Gasteiger partial charge in [0.1, 0.15) is 6.73 Å². The molecular weight excluding hydrogens is 190 g/mol. The van der Waals surface area contributed by atoms with E-state index < -0.39 is 0 Å². The number of nitrogens with zero attached hydrogens (tertiary/aromatic N) is 1. The highest BCUT2D eigenvalue weighted by atomic mass is 16.5. The Hall–Kier alpha value is -0.830. The molecule has 0 aliphatic heterocycles. The third-order valence-corrected chi connectivity index (χ3v) is 2.45. The first-order valence-electron chi connectivity index (χ1n) is 5.59. The second-order valence-electron chi connectivity index (χ2n) is 3.88. The van der Waals surface area contributed by atoms with Crippen molar-refractivity contribution in [3.63, 3.8) is 0 Å². The standard InChI is InChI=1S/C12H23NO2/c1-6-8-11(5)13(7-2)9-15-12(14)10(3)4/h11H,3,6-9H2,1-2,4-5H3. The quantitative estimate of drug-likeness (QED) is 0.370. The summed E-state index contributed by atoms with van der Waals surface area (Å²) in [7, 11) is 0. The Labute approximate surface area is 93.1 Å². The molecule has 0 bridgehead atoms. The van der Waals surface area contributed by atoms with Crippen LogP contribution in [0.2, 0.25) is 0 Å². The molecule has 0 rings (SSSR count). The van der Waals surface area contributed by atoms with Crippen LogP contribution in [0.4, 0.5) is 0 Å². The summed E-state index contributed by atoms with van der Waals surface area (Å²) >= 11 is 0. The summed E-state index contributed by atoms with van der Waals surface area (Å²) < 4.78 is 5.11. The number of hydrogen-bond acceptors (Lipinski definition) is 3. The molecule has 15 heavy (non-hydrogen) atoms. The average Bonchev–Trinajstić information content (AvgIpc) is 2.18. The maximum atomic E-state index is 11.2. The van der Waals surface area contributed by atoms with E-state index in [1.807, 2.05) is 0 Å². The Bertz CT molecular complexity index is 214. The number of carbonyl (C=O) groups is 1. The van der Waals surface area contributed by atoms with E-state index in [2.05, 4.69) is 32.3 Å². The molecule has 3 heteroatoms. The predicted octanol–water partition coefficient (Wildman–Crippen LogP) is 2.57. The zero-order valence-electron chi connectivity index (χ0n) is 10.4. The Kier molecular flexibility index (Phi) is 7.05. The van der Waals surface area contributed by atoms with Crippen molar-refractivity contribution in [3.8, 4) is 0 Å². The Balaban J connectivity index is 3.99. The van der Waals surface area contributed by atoms with Crippen molar-refractivity contribution < 1.29 is 9.53 Å². The lowest BCUT2D eigenvalue weighted by molar-refractivity contribution is -0.144. The molecule has 0 N–H and O–H groups in total. The molecule has 0 aliphatic rings. The molecular formula is C12H23NO2. The molecule has 0 aromatic heterocycles. The minimum atomic E-state index is -0.308. The van der Waals surface area contributed by atoms with Crippen molar-refractivity contribution in [2.45, 2.75) is 46.6 Å². The lowest BCUT2D eigenvalue weighted by Crippen LogP contribution is -2.35. The minimum absolute atomic E-state index is 0.308. The van der Waals surface area contributed by atoms with Crippen LogP contribution in [0.15, 0.2) is 12.2 Å². The van der Waals surface area contributed by atoms with Crippen molar-refractivity contribution >= 4 is 5.97 Å². The molecule has 0 aliphatic carbocycles. The highest BCUT2D eigenvalue weighted by Gasteiger charge is 2.13. The molecule has 1 atom stereocenters. The van der Waals surface area contributed by atoms with E-state index >= 15 is 0 Å². The van der Waals surface area contributed by atoms with Gasteiger partial charge < -0.3 is 4.74 Å². The summed E-state index contributed by atoms with van der Waals surface area (Å²) in [5, 5.41) is 0. The van der Waals surface area contributed by atoms with Gasteiger partial charge in [0.15, 0.2) is 0 Å². The molecule has 0 saturated heterocycles. The van der Waals surface area contributed by atoms with Gasteiger partial charge in [0.25, 0.3) is 0 Å². The Morgan fingerprint density at radius 1 is 1.47 bits per heavy atom. The maximum absolute atomic E-state index is 11.2. The fourth-order valence-corrected chi connectivity index (χ4v) is 1.40. The molecule has 0 aromatic carbocycles. The van der Waals surface area contributed by atoms with Crippen molar-refractivity contribution in [3.05, 3.63) is 12.2 Å². The summed E-state index contributed by atoms with van der Waals surface area (Å²) in [6.07, 6.45) is 2.27. The van der Waals surface area contributed by atoms with E-state index in [9.17, 15) is 4.79 Å². The van der Waals surface area contributed by atoms with Crippen LogP contribution in [-0.2, 0) is 9.53 Å². The molecule has 0 fully saturated rings. The van der Waals surface area contributed by atoms with Gasteiger partial charge >= 0.3 is 5.97 Å².